The predicted molar refractivity (Wildman–Crippen MR) is 114 cm³/mol. The lowest BCUT2D eigenvalue weighted by Gasteiger charge is -2.21. The molecule has 0 fully saturated rings. The first kappa shape index (κ1) is 16.2. The van der Waals surface area contributed by atoms with Crippen LogP contribution < -0.4 is 4.90 Å². The Morgan fingerprint density at radius 3 is 2.00 bits per heavy atom. The van der Waals surface area contributed by atoms with Gasteiger partial charge in [-0.3, -0.25) is 0 Å². The van der Waals surface area contributed by atoms with E-state index in [0.717, 1.165) is 11.1 Å². The zero-order valence-corrected chi connectivity index (χ0v) is 14.9. The van der Waals surface area contributed by atoms with Crippen LogP contribution in [0, 0.1) is 0 Å². The van der Waals surface area contributed by atoms with Crippen molar-refractivity contribution < 1.29 is 0 Å². The number of fused-ring (bicyclic) bond motifs is 5. The van der Waals surface area contributed by atoms with E-state index >= 15 is 0 Å². The molecule has 0 N–H and O–H groups in total. The van der Waals surface area contributed by atoms with Crippen molar-refractivity contribution in [3.63, 3.8) is 0 Å². The molecular formula is C25H21N. The molecule has 4 rings (SSSR count). The number of anilines is 2. The van der Waals surface area contributed by atoms with E-state index in [4.69, 9.17) is 0 Å². The van der Waals surface area contributed by atoms with Gasteiger partial charge >= 0.3 is 0 Å². The highest BCUT2D eigenvalue weighted by Gasteiger charge is 2.22. The molecule has 0 spiro atoms. The van der Waals surface area contributed by atoms with Crippen LogP contribution in [-0.4, -0.2) is 7.05 Å². The number of nitrogens with zero attached hydrogens (tertiary/aromatic N) is 1. The highest BCUT2D eigenvalue weighted by Crippen LogP contribution is 2.47. The van der Waals surface area contributed by atoms with Gasteiger partial charge in [0.1, 0.15) is 0 Å². The molecule has 0 unspecified atom stereocenters. The summed E-state index contributed by atoms with van der Waals surface area (Å²) in [4.78, 5) is 2.28. The molecule has 1 heterocycles. The normalized spacial score (nSPS) is 12.5. The minimum atomic E-state index is 1.08. The molecular weight excluding hydrogens is 314 g/mol. The summed E-state index contributed by atoms with van der Waals surface area (Å²) in [6, 6.07) is 23.8. The maximum atomic E-state index is 3.95. The molecule has 0 radical (unpaired) electrons. The van der Waals surface area contributed by atoms with Gasteiger partial charge in [0.05, 0.1) is 0 Å². The van der Waals surface area contributed by atoms with Gasteiger partial charge in [0.15, 0.2) is 0 Å². The lowest BCUT2D eigenvalue weighted by Crippen LogP contribution is -2.09. The van der Waals surface area contributed by atoms with Crippen LogP contribution in [0.1, 0.15) is 5.56 Å². The molecule has 126 valence electrons. The van der Waals surface area contributed by atoms with Crippen molar-refractivity contribution in [2.75, 3.05) is 11.9 Å². The molecule has 1 aliphatic rings. The molecule has 0 bridgehead atoms. The second kappa shape index (κ2) is 6.53. The molecule has 3 aromatic rings. The monoisotopic (exact) mass is 335 g/mol. The molecule has 0 aliphatic carbocycles. The van der Waals surface area contributed by atoms with E-state index in [2.05, 4.69) is 91.8 Å². The Morgan fingerprint density at radius 2 is 1.38 bits per heavy atom. The third kappa shape index (κ3) is 2.49. The van der Waals surface area contributed by atoms with Crippen molar-refractivity contribution in [2.24, 2.45) is 0 Å². The summed E-state index contributed by atoms with van der Waals surface area (Å²) < 4.78 is 0. The molecule has 0 aromatic heterocycles. The van der Waals surface area contributed by atoms with Crippen molar-refractivity contribution in [1.29, 1.82) is 0 Å². The maximum absolute atomic E-state index is 3.95. The van der Waals surface area contributed by atoms with Gasteiger partial charge in [-0.25, -0.2) is 0 Å². The number of hydrogen-bond donors (Lipinski definition) is 0. The predicted octanol–water partition coefficient (Wildman–Crippen LogP) is 6.86. The first-order valence-corrected chi connectivity index (χ1v) is 8.76. The van der Waals surface area contributed by atoms with Crippen LogP contribution in [0.4, 0.5) is 11.4 Å². The van der Waals surface area contributed by atoms with Crippen LogP contribution in [0.15, 0.2) is 98.1 Å². The lowest BCUT2D eigenvalue weighted by atomic mass is 9.91. The van der Waals surface area contributed by atoms with Crippen LogP contribution in [0.5, 0.6) is 0 Å². The van der Waals surface area contributed by atoms with E-state index in [-0.39, 0.29) is 0 Å². The maximum Gasteiger partial charge on any atom is 0.0488 e. The van der Waals surface area contributed by atoms with Crippen molar-refractivity contribution in [3.8, 4) is 22.3 Å². The Kier molecular flexibility index (Phi) is 4.06. The van der Waals surface area contributed by atoms with E-state index in [1.165, 1.54) is 33.6 Å². The molecule has 0 atom stereocenters. The van der Waals surface area contributed by atoms with E-state index in [9.17, 15) is 0 Å². The first-order chi connectivity index (χ1) is 12.7. The average molecular weight is 335 g/mol. The van der Waals surface area contributed by atoms with Gasteiger partial charge in [0, 0.05) is 29.5 Å². The highest BCUT2D eigenvalue weighted by molar-refractivity contribution is 6.00. The molecule has 0 amide bonds. The summed E-state index contributed by atoms with van der Waals surface area (Å²) in [5, 5.41) is 0. The fourth-order valence-electron chi connectivity index (χ4n) is 3.71. The molecule has 0 saturated heterocycles. The second-order valence-corrected chi connectivity index (χ2v) is 6.42. The Hall–Kier alpha value is -3.32. The number of hydrogen-bond acceptors (Lipinski definition) is 1. The van der Waals surface area contributed by atoms with Crippen LogP contribution in [0.2, 0.25) is 0 Å². The zero-order chi connectivity index (χ0) is 18.1. The fraction of sp³-hybridized carbons (Fsp3) is 0.0400. The van der Waals surface area contributed by atoms with E-state index in [0.29, 0.717) is 0 Å². The zero-order valence-electron chi connectivity index (χ0n) is 14.9. The van der Waals surface area contributed by atoms with Crippen LogP contribution in [0.25, 0.3) is 27.8 Å². The quantitative estimate of drug-likeness (QED) is 0.473. The van der Waals surface area contributed by atoms with Gasteiger partial charge in [-0.15, -0.1) is 0 Å². The van der Waals surface area contributed by atoms with Gasteiger partial charge in [-0.05, 0) is 40.5 Å². The number of para-hydroxylation sites is 2. The molecule has 1 aliphatic heterocycles. The van der Waals surface area contributed by atoms with Gasteiger partial charge in [0.2, 0.25) is 0 Å². The van der Waals surface area contributed by atoms with E-state index in [1.54, 1.807) is 6.08 Å². The summed E-state index contributed by atoms with van der Waals surface area (Å²) in [6.45, 7) is 7.78. The largest absolute Gasteiger partial charge is 0.344 e. The fourth-order valence-corrected chi connectivity index (χ4v) is 3.71. The molecule has 0 saturated carbocycles. The summed E-state index contributed by atoms with van der Waals surface area (Å²) >= 11 is 0. The van der Waals surface area contributed by atoms with Crippen LogP contribution in [0.3, 0.4) is 0 Å². The minimum Gasteiger partial charge on any atom is -0.344 e. The summed E-state index contributed by atoms with van der Waals surface area (Å²) in [5.74, 6) is 0. The minimum absolute atomic E-state index is 1.08. The number of benzene rings is 3. The highest BCUT2D eigenvalue weighted by atomic mass is 15.1. The first-order valence-electron chi connectivity index (χ1n) is 8.76. The van der Waals surface area contributed by atoms with Crippen LogP contribution in [-0.2, 0) is 0 Å². The Bertz CT molecular complexity index is 1040. The molecule has 26 heavy (non-hydrogen) atoms. The van der Waals surface area contributed by atoms with E-state index < -0.39 is 0 Å². The van der Waals surface area contributed by atoms with Crippen molar-refractivity contribution >= 4 is 16.9 Å². The summed E-state index contributed by atoms with van der Waals surface area (Å²) in [7, 11) is 2.14. The van der Waals surface area contributed by atoms with E-state index in [1.807, 2.05) is 12.2 Å². The Labute approximate surface area is 155 Å². The van der Waals surface area contributed by atoms with Crippen molar-refractivity contribution in [3.05, 3.63) is 104 Å². The number of allylic oxidation sites excluding steroid dienone is 4. The third-order valence-electron chi connectivity index (χ3n) is 4.98. The topological polar surface area (TPSA) is 3.24 Å². The Balaban J connectivity index is 2.07. The average Bonchev–Trinajstić information content (AvgIpc) is 2.80. The van der Waals surface area contributed by atoms with Crippen molar-refractivity contribution in [1.82, 2.24) is 0 Å². The third-order valence-corrected chi connectivity index (χ3v) is 4.98. The number of rotatable bonds is 3. The molecule has 3 aromatic carbocycles. The van der Waals surface area contributed by atoms with Gasteiger partial charge in [-0.2, -0.15) is 0 Å². The smallest absolute Gasteiger partial charge is 0.0488 e. The standard InChI is InChI=1S/C25H21N/c1-4-10-18(5-2)19-15-16-20-21-11-6-8-13-24(21)26(3)25-14-9-7-12-22(25)23(20)17-19/h4-17H,1-2H2,3H3/b18-10+. The summed E-state index contributed by atoms with van der Waals surface area (Å²) in [6.07, 6.45) is 5.68. The lowest BCUT2D eigenvalue weighted by molar-refractivity contribution is 1.22. The second-order valence-electron chi connectivity index (χ2n) is 6.42. The SMILES string of the molecule is C=C/C=C(\C=C)c1ccc2c(c1)-c1ccccc1N(C)c1ccccc1-2. The molecule has 1 nitrogen and oxygen atoms in total. The van der Waals surface area contributed by atoms with Gasteiger partial charge in [-0.1, -0.05) is 79.9 Å². The molecule has 1 heteroatoms. The van der Waals surface area contributed by atoms with Gasteiger partial charge < -0.3 is 4.90 Å². The Morgan fingerprint density at radius 1 is 0.769 bits per heavy atom. The summed E-state index contributed by atoms with van der Waals surface area (Å²) in [5.41, 5.74) is 9.64. The van der Waals surface area contributed by atoms with Crippen LogP contribution >= 0.6 is 0 Å². The van der Waals surface area contributed by atoms with Gasteiger partial charge in [0.25, 0.3) is 0 Å². The van der Waals surface area contributed by atoms with Crippen molar-refractivity contribution in [2.45, 2.75) is 0 Å².